The van der Waals surface area contributed by atoms with Crippen molar-refractivity contribution >= 4 is 22.9 Å². The van der Waals surface area contributed by atoms with Crippen molar-refractivity contribution in [2.75, 3.05) is 6.61 Å². The maximum Gasteiger partial charge on any atom is 0.309 e. The van der Waals surface area contributed by atoms with E-state index in [4.69, 9.17) is 32.8 Å². The first-order valence-corrected chi connectivity index (χ1v) is 16.1. The number of phenols is 2. The van der Waals surface area contributed by atoms with Crippen molar-refractivity contribution < 1.29 is 78.2 Å². The van der Waals surface area contributed by atoms with Crippen LogP contribution < -0.4 is 14.9 Å². The van der Waals surface area contributed by atoms with Crippen molar-refractivity contribution in [1.82, 2.24) is 0 Å². The minimum atomic E-state index is -1.88. The van der Waals surface area contributed by atoms with Crippen LogP contribution >= 0.6 is 0 Å². The summed E-state index contributed by atoms with van der Waals surface area (Å²) >= 11 is 0. The molecule has 17 nitrogen and oxygen atoms in total. The van der Waals surface area contributed by atoms with E-state index in [9.17, 15) is 50.1 Å². The number of aromatic hydroxyl groups is 2. The molecule has 2 saturated heterocycles. The van der Waals surface area contributed by atoms with Gasteiger partial charge < -0.3 is 68.6 Å². The number of rotatable bonds is 10. The van der Waals surface area contributed by atoms with E-state index in [2.05, 4.69) is 0 Å². The second kappa shape index (κ2) is 15.4. The summed E-state index contributed by atoms with van der Waals surface area (Å²) in [5.41, 5.74) is -1.10. The first-order chi connectivity index (χ1) is 24.1. The molecular formula is C34H40O17. The summed E-state index contributed by atoms with van der Waals surface area (Å²) in [6.07, 6.45) is -14.9. The standard InChI is InChI=1S/C34H40O17/c1-5-13(2)32(44)50-29-23(39)14(3)45-33(26(29)42)47-18-10-19(38)22-20(11-18)48-28(16-6-8-17(37)9-7-16)31(25(22)41)51-34-27(43)30(46-15(4)36)24(40)21(12-35)49-34/h6-11,13-14,21,23-24,26-27,29-30,33-35,37-40,42-43H,5,12H2,1-4H3/t13-,14-,21+,23-,24+,26+,27+,29+,30-,33-,34-/m0/s1. The Morgan fingerprint density at radius 2 is 1.51 bits per heavy atom. The van der Waals surface area contributed by atoms with Gasteiger partial charge in [-0.15, -0.1) is 0 Å². The molecule has 2 aliphatic rings. The predicted molar refractivity (Wildman–Crippen MR) is 172 cm³/mol. The van der Waals surface area contributed by atoms with Crippen LogP contribution in [0.4, 0.5) is 0 Å². The molecule has 278 valence electrons. The zero-order valence-electron chi connectivity index (χ0n) is 27.9. The minimum Gasteiger partial charge on any atom is -0.508 e. The molecule has 5 rings (SSSR count). The number of aliphatic hydroxyl groups excluding tert-OH is 5. The Labute approximate surface area is 290 Å². The second-order valence-electron chi connectivity index (χ2n) is 12.4. The molecule has 0 bridgehead atoms. The highest BCUT2D eigenvalue weighted by molar-refractivity contribution is 5.88. The van der Waals surface area contributed by atoms with Crippen LogP contribution in [0, 0.1) is 5.92 Å². The lowest BCUT2D eigenvalue weighted by molar-refractivity contribution is -0.281. The van der Waals surface area contributed by atoms with Gasteiger partial charge in [-0.2, -0.15) is 0 Å². The molecule has 0 aliphatic carbocycles. The molecule has 51 heavy (non-hydrogen) atoms. The van der Waals surface area contributed by atoms with Gasteiger partial charge in [-0.3, -0.25) is 14.4 Å². The molecule has 0 spiro atoms. The van der Waals surface area contributed by atoms with Crippen LogP contribution in [0.15, 0.2) is 45.6 Å². The van der Waals surface area contributed by atoms with Gasteiger partial charge in [0.25, 0.3) is 0 Å². The van der Waals surface area contributed by atoms with E-state index in [0.717, 1.165) is 13.0 Å². The molecule has 2 aromatic carbocycles. The molecule has 7 N–H and O–H groups in total. The van der Waals surface area contributed by atoms with Gasteiger partial charge in [-0.05, 0) is 37.6 Å². The third kappa shape index (κ3) is 7.74. The summed E-state index contributed by atoms with van der Waals surface area (Å²) in [4.78, 5) is 38.2. The summed E-state index contributed by atoms with van der Waals surface area (Å²) in [6.45, 7) is 5.13. The van der Waals surface area contributed by atoms with E-state index in [1.54, 1.807) is 13.8 Å². The minimum absolute atomic E-state index is 0.133. The molecule has 2 fully saturated rings. The molecule has 0 radical (unpaired) electrons. The molecule has 11 atom stereocenters. The van der Waals surface area contributed by atoms with Crippen LogP contribution in [-0.2, 0) is 28.5 Å². The average molecular weight is 721 g/mol. The summed E-state index contributed by atoms with van der Waals surface area (Å²) in [7, 11) is 0. The summed E-state index contributed by atoms with van der Waals surface area (Å²) in [5.74, 6) is -3.93. The zero-order chi connectivity index (χ0) is 37.3. The van der Waals surface area contributed by atoms with Crippen molar-refractivity contribution in [2.24, 2.45) is 5.92 Å². The van der Waals surface area contributed by atoms with Crippen molar-refractivity contribution in [3.63, 3.8) is 0 Å². The van der Waals surface area contributed by atoms with Crippen molar-refractivity contribution in [2.45, 2.75) is 95.5 Å². The van der Waals surface area contributed by atoms with Gasteiger partial charge in [0.15, 0.2) is 30.2 Å². The zero-order valence-corrected chi connectivity index (χ0v) is 27.9. The maximum atomic E-state index is 14.0. The smallest absolute Gasteiger partial charge is 0.309 e. The number of carbonyl (C=O) groups excluding carboxylic acids is 2. The van der Waals surface area contributed by atoms with Crippen molar-refractivity contribution in [3.8, 4) is 34.3 Å². The Balaban J connectivity index is 1.54. The van der Waals surface area contributed by atoms with E-state index in [0.29, 0.717) is 6.42 Å². The van der Waals surface area contributed by atoms with E-state index in [1.165, 1.54) is 37.3 Å². The lowest BCUT2D eigenvalue weighted by Gasteiger charge is -2.41. The van der Waals surface area contributed by atoms with Gasteiger partial charge in [-0.1, -0.05) is 13.8 Å². The normalized spacial score (nSPS) is 30.0. The first-order valence-electron chi connectivity index (χ1n) is 16.1. The van der Waals surface area contributed by atoms with Gasteiger partial charge in [0, 0.05) is 24.6 Å². The van der Waals surface area contributed by atoms with E-state index in [-0.39, 0.29) is 28.4 Å². The van der Waals surface area contributed by atoms with E-state index >= 15 is 0 Å². The molecule has 0 saturated carbocycles. The van der Waals surface area contributed by atoms with Crippen LogP contribution in [-0.4, -0.2) is 116 Å². The fourth-order valence-corrected chi connectivity index (χ4v) is 5.62. The average Bonchev–Trinajstić information content (AvgIpc) is 3.09. The van der Waals surface area contributed by atoms with E-state index in [1.807, 2.05) is 0 Å². The largest absolute Gasteiger partial charge is 0.508 e. The number of benzene rings is 2. The van der Waals surface area contributed by atoms with Gasteiger partial charge >= 0.3 is 11.9 Å². The van der Waals surface area contributed by atoms with Gasteiger partial charge in [0.1, 0.15) is 46.5 Å². The fourth-order valence-electron chi connectivity index (χ4n) is 5.62. The lowest BCUT2D eigenvalue weighted by atomic mass is 9.99. The number of hydrogen-bond acceptors (Lipinski definition) is 17. The molecular weight excluding hydrogens is 680 g/mol. The second-order valence-corrected chi connectivity index (χ2v) is 12.4. The molecule has 2 aliphatic heterocycles. The molecule has 0 unspecified atom stereocenters. The Morgan fingerprint density at radius 3 is 2.12 bits per heavy atom. The molecule has 3 heterocycles. The number of fused-ring (bicyclic) bond motifs is 1. The number of aliphatic hydroxyl groups is 5. The third-order valence-corrected chi connectivity index (χ3v) is 8.69. The summed E-state index contributed by atoms with van der Waals surface area (Å²) in [5, 5.41) is 73.4. The van der Waals surface area contributed by atoms with Gasteiger partial charge in [0.05, 0.1) is 18.6 Å². The predicted octanol–water partition coefficient (Wildman–Crippen LogP) is 0.424. The highest BCUT2D eigenvalue weighted by Gasteiger charge is 2.49. The SMILES string of the molecule is CC[C@H](C)C(=O)O[C@@H]1[C@@H](O)[C@H](C)O[C@@H](Oc2cc(O)c3c(=O)c(O[C@@H]4O[C@H](CO)[C@@H](O)[C@H](OC(C)=O)[C@H]4O)c(-c4ccc(O)cc4)oc3c2)[C@@H]1O. The maximum absolute atomic E-state index is 14.0. The highest BCUT2D eigenvalue weighted by Crippen LogP contribution is 2.39. The molecule has 0 amide bonds. The van der Waals surface area contributed by atoms with E-state index < -0.39 is 108 Å². The highest BCUT2D eigenvalue weighted by atomic mass is 16.7. The Bertz CT molecular complexity index is 1770. The number of esters is 2. The van der Waals surface area contributed by atoms with Crippen LogP contribution in [0.1, 0.15) is 34.1 Å². The third-order valence-electron chi connectivity index (χ3n) is 8.69. The summed E-state index contributed by atoms with van der Waals surface area (Å²) < 4.78 is 39.3. The molecule has 17 heteroatoms. The van der Waals surface area contributed by atoms with Gasteiger partial charge in [0.2, 0.25) is 23.8 Å². The lowest BCUT2D eigenvalue weighted by Crippen LogP contribution is -2.61. The van der Waals surface area contributed by atoms with Crippen LogP contribution in [0.3, 0.4) is 0 Å². The molecule has 3 aromatic rings. The monoisotopic (exact) mass is 720 g/mol. The first kappa shape index (κ1) is 37.8. The number of carbonyl (C=O) groups is 2. The van der Waals surface area contributed by atoms with Crippen molar-refractivity contribution in [1.29, 1.82) is 0 Å². The fraction of sp³-hybridized carbons (Fsp3) is 0.500. The van der Waals surface area contributed by atoms with Gasteiger partial charge in [-0.25, -0.2) is 0 Å². The summed E-state index contributed by atoms with van der Waals surface area (Å²) in [6, 6.07) is 7.50. The number of ether oxygens (including phenoxy) is 6. The van der Waals surface area contributed by atoms with Crippen LogP contribution in [0.5, 0.6) is 23.0 Å². The Hall–Kier alpha value is -4.49. The Kier molecular flexibility index (Phi) is 11.4. The number of hydrogen-bond donors (Lipinski definition) is 7. The Morgan fingerprint density at radius 1 is 0.882 bits per heavy atom. The number of phenolic OH excluding ortho intramolecular Hbond substituents is 2. The molecule has 1 aromatic heterocycles. The van der Waals surface area contributed by atoms with Crippen LogP contribution in [0.2, 0.25) is 0 Å². The quantitative estimate of drug-likeness (QED) is 0.140. The van der Waals surface area contributed by atoms with Crippen molar-refractivity contribution in [3.05, 3.63) is 46.6 Å². The van der Waals surface area contributed by atoms with Crippen LogP contribution in [0.25, 0.3) is 22.3 Å². The topological polar surface area (TPSA) is 261 Å².